The van der Waals surface area contributed by atoms with Crippen LogP contribution in [0.1, 0.15) is 43.5 Å². The summed E-state index contributed by atoms with van der Waals surface area (Å²) in [4.78, 5) is 14.4. The van der Waals surface area contributed by atoms with Gasteiger partial charge in [-0.2, -0.15) is 0 Å². The fraction of sp³-hybridized carbons (Fsp3) is 0.562. The molecule has 2 rings (SSSR count). The lowest BCUT2D eigenvalue weighted by Crippen LogP contribution is -2.32. The van der Waals surface area contributed by atoms with E-state index in [9.17, 15) is 9.18 Å². The summed E-state index contributed by atoms with van der Waals surface area (Å²) in [5.41, 5.74) is 0.424. The summed E-state index contributed by atoms with van der Waals surface area (Å²) in [7, 11) is 0. The van der Waals surface area contributed by atoms with Gasteiger partial charge in [-0.3, -0.25) is 4.79 Å². The molecule has 1 saturated heterocycles. The van der Waals surface area contributed by atoms with E-state index >= 15 is 0 Å². The number of carbonyl (C=O) groups excluding carboxylic acids is 1. The van der Waals surface area contributed by atoms with Gasteiger partial charge in [0.25, 0.3) is 5.91 Å². The fourth-order valence-corrected chi connectivity index (χ4v) is 3.27. The van der Waals surface area contributed by atoms with Crippen LogP contribution in [0.15, 0.2) is 22.7 Å². The number of likely N-dealkylation sites (tertiary alicyclic amines) is 1. The van der Waals surface area contributed by atoms with Crippen molar-refractivity contribution in [1.29, 1.82) is 0 Å². The number of carbonyl (C=O) groups is 1. The van der Waals surface area contributed by atoms with Crippen LogP contribution in [0.3, 0.4) is 0 Å². The van der Waals surface area contributed by atoms with Gasteiger partial charge in [0.2, 0.25) is 0 Å². The van der Waals surface area contributed by atoms with E-state index in [1.807, 2.05) is 4.90 Å². The first-order chi connectivity index (χ1) is 9.50. The second-order valence-corrected chi connectivity index (χ2v) is 6.62. The maximum absolute atomic E-state index is 13.5. The first-order valence-corrected chi connectivity index (χ1v) is 8.03. The smallest absolute Gasteiger partial charge is 0.255 e. The van der Waals surface area contributed by atoms with Crippen LogP contribution in [-0.4, -0.2) is 23.9 Å². The quantitative estimate of drug-likeness (QED) is 0.776. The van der Waals surface area contributed by atoms with Crippen molar-refractivity contribution in [2.45, 2.75) is 33.1 Å². The Labute approximate surface area is 128 Å². The van der Waals surface area contributed by atoms with Crippen molar-refractivity contribution in [2.75, 3.05) is 13.1 Å². The molecule has 4 heteroatoms. The minimum absolute atomic E-state index is 0.0687. The highest BCUT2D eigenvalue weighted by molar-refractivity contribution is 9.10. The van der Waals surface area contributed by atoms with Gasteiger partial charge in [0, 0.05) is 13.1 Å². The zero-order valence-corrected chi connectivity index (χ0v) is 13.6. The number of amides is 1. The molecule has 1 amide bonds. The molecule has 2 nitrogen and oxygen atoms in total. The van der Waals surface area contributed by atoms with Gasteiger partial charge in [0.05, 0.1) is 10.0 Å². The molecule has 1 atom stereocenters. The Morgan fingerprint density at radius 2 is 2.10 bits per heavy atom. The average Bonchev–Trinajstić information content (AvgIpc) is 2.67. The molecule has 1 heterocycles. The molecule has 0 N–H and O–H groups in total. The van der Waals surface area contributed by atoms with E-state index in [0.717, 1.165) is 25.9 Å². The van der Waals surface area contributed by atoms with E-state index in [-0.39, 0.29) is 16.2 Å². The third kappa shape index (κ3) is 3.40. The van der Waals surface area contributed by atoms with Crippen LogP contribution in [-0.2, 0) is 0 Å². The molecular formula is C16H21BrFNO. The second kappa shape index (κ2) is 6.70. The predicted molar refractivity (Wildman–Crippen MR) is 82.2 cm³/mol. The fourth-order valence-electron chi connectivity index (χ4n) is 2.83. The Balaban J connectivity index is 2.11. The second-order valence-electron chi connectivity index (χ2n) is 5.83. The Hall–Kier alpha value is -0.900. The minimum Gasteiger partial charge on any atom is -0.339 e. The van der Waals surface area contributed by atoms with Crippen molar-refractivity contribution >= 4 is 21.8 Å². The molecule has 110 valence electrons. The number of hydrogen-bond donors (Lipinski definition) is 0. The van der Waals surface area contributed by atoms with Gasteiger partial charge in [-0.15, -0.1) is 0 Å². The molecule has 0 radical (unpaired) electrons. The summed E-state index contributed by atoms with van der Waals surface area (Å²) in [5, 5.41) is 0. The Morgan fingerprint density at radius 3 is 2.80 bits per heavy atom. The van der Waals surface area contributed by atoms with Crippen molar-refractivity contribution < 1.29 is 9.18 Å². The number of nitrogens with zero attached hydrogens (tertiary/aromatic N) is 1. The highest BCUT2D eigenvalue weighted by atomic mass is 79.9. The molecular weight excluding hydrogens is 321 g/mol. The zero-order valence-electron chi connectivity index (χ0n) is 12.0. The lowest BCUT2D eigenvalue weighted by molar-refractivity contribution is 0.0757. The molecule has 0 bridgehead atoms. The van der Waals surface area contributed by atoms with E-state index in [1.165, 1.54) is 12.5 Å². The third-order valence-electron chi connectivity index (χ3n) is 4.18. The van der Waals surface area contributed by atoms with E-state index in [0.29, 0.717) is 17.4 Å². The third-order valence-corrected chi connectivity index (χ3v) is 4.99. The van der Waals surface area contributed by atoms with Gasteiger partial charge in [-0.05, 0) is 59.2 Å². The Kier molecular flexibility index (Phi) is 5.19. The maximum Gasteiger partial charge on any atom is 0.255 e. The molecule has 1 aliphatic rings. The molecule has 0 aromatic heterocycles. The van der Waals surface area contributed by atoms with Crippen LogP contribution in [0.2, 0.25) is 0 Å². The molecule has 1 unspecified atom stereocenters. The number of halogens is 2. The molecule has 1 fully saturated rings. The van der Waals surface area contributed by atoms with Crippen molar-refractivity contribution in [3.05, 3.63) is 34.1 Å². The zero-order chi connectivity index (χ0) is 14.7. The first-order valence-electron chi connectivity index (χ1n) is 7.24. The highest BCUT2D eigenvalue weighted by Gasteiger charge is 2.24. The monoisotopic (exact) mass is 341 g/mol. The van der Waals surface area contributed by atoms with Crippen LogP contribution < -0.4 is 0 Å². The van der Waals surface area contributed by atoms with Gasteiger partial charge in [-0.1, -0.05) is 19.9 Å². The van der Waals surface area contributed by atoms with E-state index < -0.39 is 0 Å². The van der Waals surface area contributed by atoms with E-state index in [2.05, 4.69) is 29.8 Å². The SMILES string of the molecule is CC(C)C1CCCN(C(=O)c2cccc(F)c2Br)CC1. The first kappa shape index (κ1) is 15.5. The number of benzene rings is 1. The standard InChI is InChI=1S/C16H21BrFNO/c1-11(2)12-5-4-9-19(10-8-12)16(20)13-6-3-7-14(18)15(13)17/h3,6-7,11-12H,4-5,8-10H2,1-2H3. The average molecular weight is 342 g/mol. The van der Waals surface area contributed by atoms with Crippen molar-refractivity contribution in [1.82, 2.24) is 4.90 Å². The van der Waals surface area contributed by atoms with Crippen molar-refractivity contribution in [2.24, 2.45) is 11.8 Å². The largest absolute Gasteiger partial charge is 0.339 e. The van der Waals surface area contributed by atoms with Crippen molar-refractivity contribution in [3.63, 3.8) is 0 Å². The molecule has 20 heavy (non-hydrogen) atoms. The van der Waals surface area contributed by atoms with E-state index in [4.69, 9.17) is 0 Å². The lowest BCUT2D eigenvalue weighted by atomic mass is 9.89. The van der Waals surface area contributed by atoms with Crippen LogP contribution in [0.4, 0.5) is 4.39 Å². The molecule has 0 spiro atoms. The molecule has 1 aromatic carbocycles. The van der Waals surface area contributed by atoms with E-state index in [1.54, 1.807) is 12.1 Å². The summed E-state index contributed by atoms with van der Waals surface area (Å²) in [5.74, 6) is 0.890. The van der Waals surface area contributed by atoms with Crippen LogP contribution in [0.25, 0.3) is 0 Å². The number of hydrogen-bond acceptors (Lipinski definition) is 1. The number of rotatable bonds is 2. The van der Waals surface area contributed by atoms with Gasteiger partial charge in [0.15, 0.2) is 0 Å². The lowest BCUT2D eigenvalue weighted by Gasteiger charge is -2.22. The highest BCUT2D eigenvalue weighted by Crippen LogP contribution is 2.27. The molecule has 0 aliphatic carbocycles. The topological polar surface area (TPSA) is 20.3 Å². The normalized spacial score (nSPS) is 20.1. The Bertz CT molecular complexity index is 489. The molecule has 1 aromatic rings. The van der Waals surface area contributed by atoms with Gasteiger partial charge >= 0.3 is 0 Å². The maximum atomic E-state index is 13.5. The predicted octanol–water partition coefficient (Wildman–Crippen LogP) is 4.49. The summed E-state index contributed by atoms with van der Waals surface area (Å²) < 4.78 is 13.8. The van der Waals surface area contributed by atoms with Crippen LogP contribution >= 0.6 is 15.9 Å². The minimum atomic E-state index is -0.384. The van der Waals surface area contributed by atoms with Gasteiger partial charge < -0.3 is 4.90 Å². The summed E-state index contributed by atoms with van der Waals surface area (Å²) >= 11 is 3.18. The summed E-state index contributed by atoms with van der Waals surface area (Å²) in [6, 6.07) is 4.63. The molecule has 1 aliphatic heterocycles. The van der Waals surface area contributed by atoms with Gasteiger partial charge in [0.1, 0.15) is 5.82 Å². The van der Waals surface area contributed by atoms with Crippen LogP contribution in [0, 0.1) is 17.7 Å². The summed E-state index contributed by atoms with van der Waals surface area (Å²) in [6.45, 7) is 6.02. The Morgan fingerprint density at radius 1 is 1.35 bits per heavy atom. The van der Waals surface area contributed by atoms with Crippen molar-refractivity contribution in [3.8, 4) is 0 Å². The summed E-state index contributed by atoms with van der Waals surface area (Å²) in [6.07, 6.45) is 3.24. The molecule has 0 saturated carbocycles. The van der Waals surface area contributed by atoms with Crippen LogP contribution in [0.5, 0.6) is 0 Å². The van der Waals surface area contributed by atoms with Gasteiger partial charge in [-0.25, -0.2) is 4.39 Å².